The van der Waals surface area contributed by atoms with E-state index in [-0.39, 0.29) is 10.6 Å². The molecule has 0 radical (unpaired) electrons. The fraction of sp³-hybridized carbons (Fsp3) is 0.538. The molecule has 0 spiro atoms. The van der Waals surface area contributed by atoms with Crippen molar-refractivity contribution in [3.05, 3.63) is 18.2 Å². The average molecular weight is 283 g/mol. The standard InChI is InChI=1S/C13H21N3O2S/c1-3-13(6-7-13)9-16-10-4-5-12(11(14)8-10)19(17,18)15-2/h4-5,8,15-16H,3,6-7,9,14H2,1-2H3. The zero-order chi connectivity index (χ0) is 14.1. The molecule has 5 nitrogen and oxygen atoms in total. The number of nitrogens with two attached hydrogens (primary N) is 1. The maximum Gasteiger partial charge on any atom is 0.242 e. The molecule has 6 heteroatoms. The highest BCUT2D eigenvalue weighted by atomic mass is 32.2. The lowest BCUT2D eigenvalue weighted by Crippen LogP contribution is -2.20. The van der Waals surface area contributed by atoms with Crippen LogP contribution >= 0.6 is 0 Å². The lowest BCUT2D eigenvalue weighted by Gasteiger charge is -2.15. The van der Waals surface area contributed by atoms with Crippen molar-refractivity contribution in [3.63, 3.8) is 0 Å². The van der Waals surface area contributed by atoms with E-state index >= 15 is 0 Å². The van der Waals surface area contributed by atoms with E-state index in [0.717, 1.165) is 12.2 Å². The number of sulfonamides is 1. The first-order valence-corrected chi connectivity index (χ1v) is 7.98. The summed E-state index contributed by atoms with van der Waals surface area (Å²) < 4.78 is 25.7. The summed E-state index contributed by atoms with van der Waals surface area (Å²) >= 11 is 0. The van der Waals surface area contributed by atoms with Gasteiger partial charge in [0.2, 0.25) is 10.0 Å². The molecule has 0 aliphatic heterocycles. The van der Waals surface area contributed by atoms with Gasteiger partial charge >= 0.3 is 0 Å². The van der Waals surface area contributed by atoms with Crippen molar-refractivity contribution in [1.29, 1.82) is 0 Å². The van der Waals surface area contributed by atoms with Gasteiger partial charge in [-0.05, 0) is 49.9 Å². The van der Waals surface area contributed by atoms with Gasteiger partial charge in [-0.2, -0.15) is 0 Å². The highest BCUT2D eigenvalue weighted by molar-refractivity contribution is 7.89. The Morgan fingerprint density at radius 3 is 2.53 bits per heavy atom. The van der Waals surface area contributed by atoms with Crippen LogP contribution < -0.4 is 15.8 Å². The largest absolute Gasteiger partial charge is 0.398 e. The molecule has 106 valence electrons. The molecule has 0 saturated heterocycles. The van der Waals surface area contributed by atoms with Crippen LogP contribution in [0.25, 0.3) is 0 Å². The van der Waals surface area contributed by atoms with Crippen molar-refractivity contribution in [2.24, 2.45) is 5.41 Å². The Morgan fingerprint density at radius 1 is 1.37 bits per heavy atom. The van der Waals surface area contributed by atoms with Crippen LogP contribution in [-0.2, 0) is 10.0 Å². The van der Waals surface area contributed by atoms with Crippen LogP contribution in [0, 0.1) is 5.41 Å². The Morgan fingerprint density at radius 2 is 2.05 bits per heavy atom. The molecule has 1 aromatic rings. The fourth-order valence-electron chi connectivity index (χ4n) is 2.13. The number of nitrogens with one attached hydrogen (secondary N) is 2. The third-order valence-corrected chi connectivity index (χ3v) is 5.43. The third-order valence-electron chi connectivity index (χ3n) is 3.94. The highest BCUT2D eigenvalue weighted by Gasteiger charge is 2.40. The summed E-state index contributed by atoms with van der Waals surface area (Å²) in [4.78, 5) is 0.122. The average Bonchev–Trinajstić information content (AvgIpc) is 3.17. The quantitative estimate of drug-likeness (QED) is 0.695. The first kappa shape index (κ1) is 14.1. The molecule has 1 aliphatic carbocycles. The molecule has 0 atom stereocenters. The second-order valence-corrected chi connectivity index (χ2v) is 7.02. The van der Waals surface area contributed by atoms with Gasteiger partial charge < -0.3 is 11.1 Å². The molecule has 19 heavy (non-hydrogen) atoms. The van der Waals surface area contributed by atoms with Gasteiger partial charge in [0.15, 0.2) is 0 Å². The Hall–Kier alpha value is -1.27. The van der Waals surface area contributed by atoms with Gasteiger partial charge in [-0.15, -0.1) is 0 Å². The molecule has 1 aliphatic rings. The first-order valence-electron chi connectivity index (χ1n) is 6.49. The molecule has 1 fully saturated rings. The van der Waals surface area contributed by atoms with Crippen molar-refractivity contribution in [2.45, 2.75) is 31.1 Å². The van der Waals surface area contributed by atoms with E-state index in [0.29, 0.717) is 5.41 Å². The van der Waals surface area contributed by atoms with Gasteiger partial charge in [0.05, 0.1) is 5.69 Å². The number of hydrogen-bond acceptors (Lipinski definition) is 4. The van der Waals surface area contributed by atoms with Crippen molar-refractivity contribution in [3.8, 4) is 0 Å². The smallest absolute Gasteiger partial charge is 0.242 e. The lowest BCUT2D eigenvalue weighted by molar-refractivity contribution is 0.521. The second kappa shape index (κ2) is 5.02. The zero-order valence-electron chi connectivity index (χ0n) is 11.4. The summed E-state index contributed by atoms with van der Waals surface area (Å²) in [5, 5.41) is 3.34. The second-order valence-electron chi connectivity index (χ2n) is 5.17. The Bertz CT molecular complexity index is 565. The molecule has 0 amide bonds. The van der Waals surface area contributed by atoms with Crippen LogP contribution in [0.15, 0.2) is 23.1 Å². The van der Waals surface area contributed by atoms with Gasteiger partial charge in [0.25, 0.3) is 0 Å². The number of benzene rings is 1. The lowest BCUT2D eigenvalue weighted by atomic mass is 10.0. The van der Waals surface area contributed by atoms with Gasteiger partial charge in [-0.1, -0.05) is 6.92 Å². The normalized spacial score (nSPS) is 17.2. The topological polar surface area (TPSA) is 84.2 Å². The van der Waals surface area contributed by atoms with Crippen molar-refractivity contribution >= 4 is 21.4 Å². The molecule has 0 heterocycles. The van der Waals surface area contributed by atoms with E-state index in [2.05, 4.69) is 17.0 Å². The van der Waals surface area contributed by atoms with E-state index in [1.54, 1.807) is 12.1 Å². The van der Waals surface area contributed by atoms with Gasteiger partial charge in [-0.25, -0.2) is 13.1 Å². The number of nitrogen functional groups attached to an aromatic ring is 1. The first-order chi connectivity index (χ1) is 8.92. The minimum Gasteiger partial charge on any atom is -0.398 e. The minimum absolute atomic E-state index is 0.122. The van der Waals surface area contributed by atoms with Crippen molar-refractivity contribution < 1.29 is 8.42 Å². The molecule has 4 N–H and O–H groups in total. The predicted molar refractivity (Wildman–Crippen MR) is 77.5 cm³/mol. The summed E-state index contributed by atoms with van der Waals surface area (Å²) in [6.07, 6.45) is 3.69. The Balaban J connectivity index is 2.11. The summed E-state index contributed by atoms with van der Waals surface area (Å²) in [6, 6.07) is 4.97. The zero-order valence-corrected chi connectivity index (χ0v) is 12.2. The van der Waals surface area contributed by atoms with E-state index in [9.17, 15) is 8.42 Å². The van der Waals surface area contributed by atoms with E-state index in [1.807, 2.05) is 0 Å². The van der Waals surface area contributed by atoms with Crippen LogP contribution in [-0.4, -0.2) is 22.0 Å². The maximum atomic E-state index is 11.7. The van der Waals surface area contributed by atoms with Gasteiger partial charge in [0, 0.05) is 12.2 Å². The minimum atomic E-state index is -3.48. The van der Waals surface area contributed by atoms with Crippen LogP contribution in [0.4, 0.5) is 11.4 Å². The molecule has 0 unspecified atom stereocenters. The molecule has 1 aromatic carbocycles. The summed E-state index contributed by atoms with van der Waals surface area (Å²) in [5.74, 6) is 0. The number of hydrogen-bond donors (Lipinski definition) is 3. The van der Waals surface area contributed by atoms with Crippen LogP contribution in [0.2, 0.25) is 0 Å². The number of rotatable bonds is 6. The molecule has 0 aromatic heterocycles. The Labute approximate surface area is 114 Å². The molecule has 0 bridgehead atoms. The third kappa shape index (κ3) is 3.01. The molecule has 2 rings (SSSR count). The predicted octanol–water partition coefficient (Wildman–Crippen LogP) is 1.78. The Kier molecular flexibility index (Phi) is 3.73. The monoisotopic (exact) mass is 283 g/mol. The molecular formula is C13H21N3O2S. The van der Waals surface area contributed by atoms with Crippen molar-refractivity contribution in [1.82, 2.24) is 4.72 Å². The fourth-order valence-corrected chi connectivity index (χ4v) is 2.97. The summed E-state index contributed by atoms with van der Waals surface area (Å²) in [6.45, 7) is 3.12. The van der Waals surface area contributed by atoms with Crippen LogP contribution in [0.5, 0.6) is 0 Å². The highest BCUT2D eigenvalue weighted by Crippen LogP contribution is 2.48. The molecule has 1 saturated carbocycles. The SMILES string of the molecule is CCC1(CNc2ccc(S(=O)(=O)NC)c(N)c2)CC1. The van der Waals surface area contributed by atoms with Crippen LogP contribution in [0.1, 0.15) is 26.2 Å². The van der Waals surface area contributed by atoms with Crippen LogP contribution in [0.3, 0.4) is 0 Å². The maximum absolute atomic E-state index is 11.7. The number of anilines is 2. The molecular weight excluding hydrogens is 262 g/mol. The van der Waals surface area contributed by atoms with Gasteiger partial charge in [0.1, 0.15) is 4.90 Å². The summed E-state index contributed by atoms with van der Waals surface area (Å²) in [7, 11) is -2.11. The summed E-state index contributed by atoms with van der Waals surface area (Å²) in [5.41, 5.74) is 7.38. The van der Waals surface area contributed by atoms with Gasteiger partial charge in [-0.3, -0.25) is 0 Å². The van der Waals surface area contributed by atoms with E-state index in [1.165, 1.54) is 32.4 Å². The van der Waals surface area contributed by atoms with Crippen molar-refractivity contribution in [2.75, 3.05) is 24.6 Å². The van der Waals surface area contributed by atoms with E-state index in [4.69, 9.17) is 5.73 Å². The van der Waals surface area contributed by atoms with E-state index < -0.39 is 10.0 Å².